The summed E-state index contributed by atoms with van der Waals surface area (Å²) in [6.07, 6.45) is 2.72. The Morgan fingerprint density at radius 3 is 2.33 bits per heavy atom. The summed E-state index contributed by atoms with van der Waals surface area (Å²) in [7, 11) is -3.29. The number of allylic oxidation sites excluding steroid dienone is 1. The minimum absolute atomic E-state index is 0. The molecule has 0 N–H and O–H groups in total. The standard InChI is InChI=1S/C8H14O5S.Na/c1-3-4-5-7(8(9)13-2)6-14(10,11)12;/h5H,3-4,6H2,1-2H3,(H,10,11,12);/q;+1/p-1. The molecule has 0 spiro atoms. The van der Waals surface area contributed by atoms with Gasteiger partial charge >= 0.3 is 35.5 Å². The van der Waals surface area contributed by atoms with Crippen molar-refractivity contribution in [2.75, 3.05) is 12.9 Å². The molecule has 15 heavy (non-hydrogen) atoms. The maximum atomic E-state index is 11.0. The first kappa shape index (κ1) is 17.5. The topological polar surface area (TPSA) is 83.5 Å². The molecule has 0 amide bonds. The fraction of sp³-hybridized carbons (Fsp3) is 0.625. The summed E-state index contributed by atoms with van der Waals surface area (Å²) in [5.41, 5.74) is -0.0932. The Morgan fingerprint density at radius 2 is 2.00 bits per heavy atom. The number of esters is 1. The van der Waals surface area contributed by atoms with Crippen LogP contribution in [0.3, 0.4) is 0 Å². The molecule has 0 aromatic carbocycles. The summed E-state index contributed by atoms with van der Waals surface area (Å²) in [6.45, 7) is 1.87. The van der Waals surface area contributed by atoms with E-state index in [9.17, 15) is 17.8 Å². The third-order valence-corrected chi connectivity index (χ3v) is 2.12. The number of carbonyl (C=O) groups is 1. The van der Waals surface area contributed by atoms with E-state index in [0.717, 1.165) is 13.5 Å². The quantitative estimate of drug-likeness (QED) is 0.230. The molecule has 0 aromatic rings. The summed E-state index contributed by atoms with van der Waals surface area (Å²) in [5.74, 6) is -1.57. The first-order valence-electron chi connectivity index (χ1n) is 4.11. The van der Waals surface area contributed by atoms with Gasteiger partial charge in [-0.25, -0.2) is 13.2 Å². The van der Waals surface area contributed by atoms with Gasteiger partial charge in [0, 0.05) is 5.57 Å². The van der Waals surface area contributed by atoms with E-state index in [4.69, 9.17) is 0 Å². The van der Waals surface area contributed by atoms with E-state index in [1.165, 1.54) is 6.08 Å². The van der Waals surface area contributed by atoms with Crippen molar-refractivity contribution < 1.29 is 52.1 Å². The normalized spacial score (nSPS) is 11.8. The van der Waals surface area contributed by atoms with E-state index in [0.29, 0.717) is 6.42 Å². The minimum atomic E-state index is -4.43. The second kappa shape index (κ2) is 8.29. The maximum Gasteiger partial charge on any atom is 1.00 e. The van der Waals surface area contributed by atoms with Crippen molar-refractivity contribution >= 4 is 16.1 Å². The zero-order valence-corrected chi connectivity index (χ0v) is 12.0. The van der Waals surface area contributed by atoms with Crippen LogP contribution >= 0.6 is 0 Å². The number of hydrogen-bond acceptors (Lipinski definition) is 5. The Kier molecular flexibility index (Phi) is 9.68. The Labute approximate surface area is 112 Å². The van der Waals surface area contributed by atoms with Crippen LogP contribution in [0.2, 0.25) is 0 Å². The molecule has 0 heterocycles. The van der Waals surface area contributed by atoms with Crippen molar-refractivity contribution in [1.82, 2.24) is 0 Å². The number of carbonyl (C=O) groups excluding carboxylic acids is 1. The molecule has 82 valence electrons. The van der Waals surface area contributed by atoms with Gasteiger partial charge in [0.15, 0.2) is 0 Å². The van der Waals surface area contributed by atoms with Gasteiger partial charge in [0.05, 0.1) is 23.0 Å². The average Bonchev–Trinajstić information content (AvgIpc) is 2.09. The van der Waals surface area contributed by atoms with Crippen LogP contribution in [0.4, 0.5) is 0 Å². The molecular weight excluding hydrogens is 231 g/mol. The zero-order valence-electron chi connectivity index (χ0n) is 9.15. The number of hydrogen-bond donors (Lipinski definition) is 0. The second-order valence-corrected chi connectivity index (χ2v) is 4.12. The molecule has 0 bridgehead atoms. The number of methoxy groups -OCH3 is 1. The van der Waals surface area contributed by atoms with Gasteiger partial charge in [-0.15, -0.1) is 0 Å². The second-order valence-electron chi connectivity index (χ2n) is 2.71. The molecule has 0 atom stereocenters. The molecule has 5 nitrogen and oxygen atoms in total. The van der Waals surface area contributed by atoms with E-state index in [1.54, 1.807) is 0 Å². The van der Waals surface area contributed by atoms with Gasteiger partial charge in [-0.2, -0.15) is 0 Å². The van der Waals surface area contributed by atoms with Crippen LogP contribution in [0.1, 0.15) is 19.8 Å². The van der Waals surface area contributed by atoms with Crippen molar-refractivity contribution in [2.45, 2.75) is 19.8 Å². The van der Waals surface area contributed by atoms with Crippen LogP contribution < -0.4 is 29.6 Å². The summed E-state index contributed by atoms with van der Waals surface area (Å²) in [6, 6.07) is 0. The molecular formula is C8H13NaO5S. The van der Waals surface area contributed by atoms with Gasteiger partial charge in [0.25, 0.3) is 0 Å². The predicted molar refractivity (Wildman–Crippen MR) is 49.6 cm³/mol. The van der Waals surface area contributed by atoms with Gasteiger partial charge in [0.2, 0.25) is 0 Å². The van der Waals surface area contributed by atoms with Crippen LogP contribution in [-0.2, 0) is 19.6 Å². The van der Waals surface area contributed by atoms with Crippen molar-refractivity contribution in [1.29, 1.82) is 0 Å². The Hall–Kier alpha value is 0.120. The summed E-state index contributed by atoms with van der Waals surface area (Å²) >= 11 is 0. The summed E-state index contributed by atoms with van der Waals surface area (Å²) in [5, 5.41) is 0. The molecule has 0 fully saturated rings. The van der Waals surface area contributed by atoms with Gasteiger partial charge in [0.1, 0.15) is 0 Å². The molecule has 0 radical (unpaired) electrons. The molecule has 0 saturated heterocycles. The molecule has 0 aliphatic carbocycles. The average molecular weight is 244 g/mol. The number of rotatable bonds is 5. The van der Waals surface area contributed by atoms with Gasteiger partial charge in [-0.3, -0.25) is 0 Å². The number of unbranched alkanes of at least 4 members (excludes halogenated alkanes) is 1. The minimum Gasteiger partial charge on any atom is -0.748 e. The fourth-order valence-corrected chi connectivity index (χ4v) is 1.46. The Balaban J connectivity index is 0. The monoisotopic (exact) mass is 244 g/mol. The third kappa shape index (κ3) is 9.07. The number of ether oxygens (including phenoxy) is 1. The summed E-state index contributed by atoms with van der Waals surface area (Å²) in [4.78, 5) is 11.0. The zero-order chi connectivity index (χ0) is 11.2. The first-order chi connectivity index (χ1) is 6.40. The van der Waals surface area contributed by atoms with E-state index in [2.05, 4.69) is 4.74 Å². The van der Waals surface area contributed by atoms with Crippen LogP contribution in [0.15, 0.2) is 11.6 Å². The SMILES string of the molecule is CCCC=C(CS(=O)(=O)[O-])C(=O)OC.[Na+]. The van der Waals surface area contributed by atoms with Crippen molar-refractivity contribution in [3.05, 3.63) is 11.6 Å². The fourth-order valence-electron chi connectivity index (χ4n) is 0.841. The van der Waals surface area contributed by atoms with Crippen LogP contribution in [0.5, 0.6) is 0 Å². The largest absolute Gasteiger partial charge is 1.00 e. The summed E-state index contributed by atoms with van der Waals surface area (Å²) < 4.78 is 35.6. The van der Waals surface area contributed by atoms with Gasteiger partial charge in [-0.05, 0) is 6.42 Å². The molecule has 0 aliphatic rings. The molecule has 0 unspecified atom stereocenters. The molecule has 7 heteroatoms. The molecule has 0 rings (SSSR count). The van der Waals surface area contributed by atoms with Crippen LogP contribution in [-0.4, -0.2) is 31.8 Å². The van der Waals surface area contributed by atoms with Crippen molar-refractivity contribution in [3.63, 3.8) is 0 Å². The maximum absolute atomic E-state index is 11.0. The smallest absolute Gasteiger partial charge is 0.748 e. The predicted octanol–water partition coefficient (Wildman–Crippen LogP) is -2.56. The van der Waals surface area contributed by atoms with Gasteiger partial charge < -0.3 is 9.29 Å². The Bertz CT molecular complexity index is 320. The Morgan fingerprint density at radius 1 is 1.47 bits per heavy atom. The van der Waals surface area contributed by atoms with Crippen LogP contribution in [0.25, 0.3) is 0 Å². The van der Waals surface area contributed by atoms with E-state index < -0.39 is 21.8 Å². The third-order valence-electron chi connectivity index (χ3n) is 1.46. The van der Waals surface area contributed by atoms with Crippen LogP contribution in [0, 0.1) is 0 Å². The molecule has 0 aromatic heterocycles. The van der Waals surface area contributed by atoms with Crippen molar-refractivity contribution in [2.24, 2.45) is 0 Å². The van der Waals surface area contributed by atoms with E-state index in [-0.39, 0.29) is 35.1 Å². The van der Waals surface area contributed by atoms with Gasteiger partial charge in [-0.1, -0.05) is 19.4 Å². The molecule has 0 aliphatic heterocycles. The van der Waals surface area contributed by atoms with E-state index >= 15 is 0 Å². The van der Waals surface area contributed by atoms with E-state index in [1.807, 2.05) is 6.92 Å². The molecule has 0 saturated carbocycles. The van der Waals surface area contributed by atoms with Crippen molar-refractivity contribution in [3.8, 4) is 0 Å². The first-order valence-corrected chi connectivity index (χ1v) is 5.69.